The number of para-hydroxylation sites is 1. The first-order valence-electron chi connectivity index (χ1n) is 8.10. The maximum Gasteiger partial charge on any atom is 0.259 e. The molecule has 4 heterocycles. The van der Waals surface area contributed by atoms with Crippen LogP contribution in [-0.2, 0) is 0 Å². The number of aromatic nitrogens is 3. The Bertz CT molecular complexity index is 1190. The van der Waals surface area contributed by atoms with E-state index in [1.54, 1.807) is 24.7 Å². The van der Waals surface area contributed by atoms with Crippen molar-refractivity contribution in [3.8, 4) is 34.3 Å². The van der Waals surface area contributed by atoms with Crippen LogP contribution < -0.4 is 5.56 Å². The van der Waals surface area contributed by atoms with Gasteiger partial charge in [-0.15, -0.1) is 0 Å². The van der Waals surface area contributed by atoms with E-state index in [2.05, 4.69) is 15.0 Å². The van der Waals surface area contributed by atoms with E-state index in [-0.39, 0.29) is 5.56 Å². The summed E-state index contributed by atoms with van der Waals surface area (Å²) in [7, 11) is 0. The molecule has 0 saturated carbocycles. The summed E-state index contributed by atoms with van der Waals surface area (Å²) in [5, 5.41) is 0.928. The molecule has 0 atom stereocenters. The van der Waals surface area contributed by atoms with Crippen molar-refractivity contribution in [1.82, 2.24) is 15.0 Å². The number of benzene rings is 1. The van der Waals surface area contributed by atoms with E-state index >= 15 is 0 Å². The van der Waals surface area contributed by atoms with Crippen molar-refractivity contribution >= 4 is 10.9 Å². The number of aromatic amines is 2. The molecule has 0 aliphatic heterocycles. The van der Waals surface area contributed by atoms with Crippen LogP contribution in [0.25, 0.3) is 45.2 Å². The van der Waals surface area contributed by atoms with Crippen LogP contribution in [0.15, 0.2) is 80.8 Å². The minimum atomic E-state index is -0.213. The van der Waals surface area contributed by atoms with Crippen molar-refractivity contribution in [2.24, 2.45) is 0 Å². The first-order valence-corrected chi connectivity index (χ1v) is 8.10. The predicted octanol–water partition coefficient (Wildman–Crippen LogP) is 4.44. The molecule has 5 aromatic rings. The monoisotopic (exact) mass is 343 g/mol. The van der Waals surface area contributed by atoms with Crippen LogP contribution in [0.3, 0.4) is 0 Å². The summed E-state index contributed by atoms with van der Waals surface area (Å²) < 4.78 is 11.0. The van der Waals surface area contributed by atoms with Crippen molar-refractivity contribution < 1.29 is 8.83 Å². The standard InChI is InChI=1S/C20H13N3O3/c24-20-13(11-12-5-1-2-6-14(12)21-20)19-22-17(15-7-3-9-25-15)18(23-19)16-8-4-10-26-16/h1-11H,(H,21,24)(H,22,23). The molecule has 0 saturated heterocycles. The second-order valence-electron chi connectivity index (χ2n) is 5.86. The third kappa shape index (κ3) is 2.28. The number of furan rings is 2. The molecule has 4 aromatic heterocycles. The highest BCUT2D eigenvalue weighted by Crippen LogP contribution is 2.33. The molecule has 5 rings (SSSR count). The Morgan fingerprint density at radius 2 is 1.62 bits per heavy atom. The Kier molecular flexibility index (Phi) is 3.15. The van der Waals surface area contributed by atoms with Gasteiger partial charge in [-0.05, 0) is 41.8 Å². The Hall–Kier alpha value is -3.80. The predicted molar refractivity (Wildman–Crippen MR) is 97.6 cm³/mol. The quantitative estimate of drug-likeness (QED) is 0.507. The Morgan fingerprint density at radius 3 is 2.38 bits per heavy atom. The molecule has 6 heteroatoms. The number of H-pyrrole nitrogens is 2. The van der Waals surface area contributed by atoms with Crippen LogP contribution in [0.4, 0.5) is 0 Å². The molecule has 6 nitrogen and oxygen atoms in total. The molecule has 0 unspecified atom stereocenters. The minimum absolute atomic E-state index is 0.213. The molecular formula is C20H13N3O3. The number of nitrogens with zero attached hydrogens (tertiary/aromatic N) is 1. The van der Waals surface area contributed by atoms with Crippen molar-refractivity contribution in [3.05, 3.63) is 77.5 Å². The molecule has 0 spiro atoms. The second-order valence-corrected chi connectivity index (χ2v) is 5.86. The fourth-order valence-electron chi connectivity index (χ4n) is 3.01. The highest BCUT2D eigenvalue weighted by molar-refractivity contribution is 5.83. The number of rotatable bonds is 3. The fourth-order valence-corrected chi connectivity index (χ4v) is 3.01. The summed E-state index contributed by atoms with van der Waals surface area (Å²) in [6.07, 6.45) is 3.17. The fraction of sp³-hybridized carbons (Fsp3) is 0. The van der Waals surface area contributed by atoms with E-state index in [0.717, 1.165) is 10.9 Å². The van der Waals surface area contributed by atoms with Crippen LogP contribution in [0.5, 0.6) is 0 Å². The van der Waals surface area contributed by atoms with Gasteiger partial charge in [-0.2, -0.15) is 0 Å². The zero-order chi connectivity index (χ0) is 17.5. The van der Waals surface area contributed by atoms with E-state index in [9.17, 15) is 4.79 Å². The molecular weight excluding hydrogens is 330 g/mol. The van der Waals surface area contributed by atoms with E-state index in [4.69, 9.17) is 8.83 Å². The van der Waals surface area contributed by atoms with E-state index in [0.29, 0.717) is 34.3 Å². The minimum Gasteiger partial charge on any atom is -0.463 e. The lowest BCUT2D eigenvalue weighted by Crippen LogP contribution is -2.09. The lowest BCUT2D eigenvalue weighted by molar-refractivity contribution is 0.573. The molecule has 0 bridgehead atoms. The van der Waals surface area contributed by atoms with Gasteiger partial charge >= 0.3 is 0 Å². The maximum atomic E-state index is 12.6. The van der Waals surface area contributed by atoms with Gasteiger partial charge < -0.3 is 18.8 Å². The maximum absolute atomic E-state index is 12.6. The Balaban J connectivity index is 1.75. The van der Waals surface area contributed by atoms with Crippen LogP contribution in [0, 0.1) is 0 Å². The summed E-state index contributed by atoms with van der Waals surface area (Å²) in [5.41, 5.74) is 2.27. The van der Waals surface area contributed by atoms with Gasteiger partial charge in [0.05, 0.1) is 18.1 Å². The molecule has 26 heavy (non-hydrogen) atoms. The second kappa shape index (κ2) is 5.63. The lowest BCUT2D eigenvalue weighted by Gasteiger charge is -2.00. The molecule has 0 aliphatic rings. The molecule has 2 N–H and O–H groups in total. The molecule has 1 aromatic carbocycles. The number of hydrogen-bond donors (Lipinski definition) is 2. The van der Waals surface area contributed by atoms with Crippen LogP contribution in [-0.4, -0.2) is 15.0 Å². The molecule has 0 radical (unpaired) electrons. The number of pyridine rings is 1. The number of fused-ring (bicyclic) bond motifs is 1. The topological polar surface area (TPSA) is 87.8 Å². The Morgan fingerprint density at radius 1 is 0.846 bits per heavy atom. The highest BCUT2D eigenvalue weighted by Gasteiger charge is 2.20. The number of imidazole rings is 1. The third-order valence-corrected chi connectivity index (χ3v) is 4.23. The summed E-state index contributed by atoms with van der Waals surface area (Å²) in [5.74, 6) is 1.67. The van der Waals surface area contributed by atoms with Gasteiger partial charge in [-0.1, -0.05) is 18.2 Å². The number of nitrogens with one attached hydrogen (secondary N) is 2. The van der Waals surface area contributed by atoms with Gasteiger partial charge in [-0.25, -0.2) is 4.98 Å². The van der Waals surface area contributed by atoms with Gasteiger partial charge in [-0.3, -0.25) is 4.79 Å². The molecule has 0 amide bonds. The lowest BCUT2D eigenvalue weighted by atomic mass is 10.1. The summed E-state index contributed by atoms with van der Waals surface area (Å²) in [6, 6.07) is 16.7. The summed E-state index contributed by atoms with van der Waals surface area (Å²) in [6.45, 7) is 0. The number of hydrogen-bond acceptors (Lipinski definition) is 4. The summed E-state index contributed by atoms with van der Waals surface area (Å²) >= 11 is 0. The first-order chi connectivity index (χ1) is 12.8. The SMILES string of the molecule is O=c1[nH]c2ccccc2cc1-c1nc(-c2ccco2)c(-c2ccco2)[nH]1. The smallest absolute Gasteiger partial charge is 0.259 e. The van der Waals surface area contributed by atoms with E-state index < -0.39 is 0 Å². The van der Waals surface area contributed by atoms with Crippen molar-refractivity contribution in [2.75, 3.05) is 0 Å². The molecule has 0 aliphatic carbocycles. The third-order valence-electron chi connectivity index (χ3n) is 4.23. The van der Waals surface area contributed by atoms with E-state index in [1.807, 2.05) is 42.5 Å². The van der Waals surface area contributed by atoms with Gasteiger partial charge in [0, 0.05) is 5.52 Å². The molecule has 0 fully saturated rings. The van der Waals surface area contributed by atoms with Crippen molar-refractivity contribution in [3.63, 3.8) is 0 Å². The zero-order valence-electron chi connectivity index (χ0n) is 13.5. The van der Waals surface area contributed by atoms with Crippen LogP contribution >= 0.6 is 0 Å². The zero-order valence-corrected chi connectivity index (χ0v) is 13.5. The van der Waals surface area contributed by atoms with Crippen molar-refractivity contribution in [2.45, 2.75) is 0 Å². The van der Waals surface area contributed by atoms with Gasteiger partial charge in [0.2, 0.25) is 0 Å². The van der Waals surface area contributed by atoms with Gasteiger partial charge in [0.15, 0.2) is 11.5 Å². The normalized spacial score (nSPS) is 11.2. The van der Waals surface area contributed by atoms with Gasteiger partial charge in [0.25, 0.3) is 5.56 Å². The largest absolute Gasteiger partial charge is 0.463 e. The Labute approximate surface area is 147 Å². The van der Waals surface area contributed by atoms with Crippen LogP contribution in [0.2, 0.25) is 0 Å². The first kappa shape index (κ1) is 14.5. The summed E-state index contributed by atoms with van der Waals surface area (Å²) in [4.78, 5) is 23.3. The average molecular weight is 343 g/mol. The molecule has 126 valence electrons. The van der Waals surface area contributed by atoms with Crippen LogP contribution in [0.1, 0.15) is 0 Å². The van der Waals surface area contributed by atoms with Crippen molar-refractivity contribution in [1.29, 1.82) is 0 Å². The highest BCUT2D eigenvalue weighted by atomic mass is 16.3. The van der Waals surface area contributed by atoms with Gasteiger partial charge in [0.1, 0.15) is 17.2 Å². The average Bonchev–Trinajstić information content (AvgIpc) is 3.40. The van der Waals surface area contributed by atoms with E-state index in [1.165, 1.54) is 0 Å².